The summed E-state index contributed by atoms with van der Waals surface area (Å²) in [5.74, 6) is 5.70. The Morgan fingerprint density at radius 1 is 0.621 bits per heavy atom. The first-order valence-corrected chi connectivity index (χ1v) is 26.4. The van der Waals surface area contributed by atoms with Gasteiger partial charge in [-0.25, -0.2) is 4.79 Å². The summed E-state index contributed by atoms with van der Waals surface area (Å²) in [6.07, 6.45) is 16.0. The zero-order chi connectivity index (χ0) is 42.4. The fraction of sp³-hybridized carbons (Fsp3) is 0.894. The summed E-state index contributed by atoms with van der Waals surface area (Å²) in [6, 6.07) is 0. The van der Waals surface area contributed by atoms with Crippen LogP contribution in [-0.4, -0.2) is 73.2 Å². The number of hydrogen-bond donors (Lipinski definition) is 0. The van der Waals surface area contributed by atoms with Crippen LogP contribution in [0.1, 0.15) is 171 Å². The van der Waals surface area contributed by atoms with Crippen molar-refractivity contribution >= 4 is 74.6 Å². The van der Waals surface area contributed by atoms with Crippen molar-refractivity contribution in [2.45, 2.75) is 183 Å². The summed E-state index contributed by atoms with van der Waals surface area (Å²) < 4.78 is 14.0. The van der Waals surface area contributed by atoms with Gasteiger partial charge in [0.2, 0.25) is 11.8 Å². The van der Waals surface area contributed by atoms with E-state index in [1.165, 1.54) is 12.8 Å². The lowest BCUT2D eigenvalue weighted by molar-refractivity contribution is -0.135. The molecule has 0 bridgehead atoms. The standard InChI is InChI=1S/C47H80N2O5S4/c1-9-11-13-15-37(21-23-39(43(50)48-25-27-57-45(48)55)41-29-35(31(3)4)19-17-33(41)7)53-47(52)54-38(16-14-12-10-2)22-24-40(44(51)49-26-28-58-46(49)56)42-30-36(32(5)6)20-18-34(42)8/h31-42H,9-30H2,1-8H3. The largest absolute Gasteiger partial charge is 0.508 e. The fourth-order valence-corrected chi connectivity index (χ4v) is 13.0. The number of thiocarbonyl (C=S) groups is 2. The van der Waals surface area contributed by atoms with Gasteiger partial charge in [0.15, 0.2) is 0 Å². The fourth-order valence-electron chi connectivity index (χ4n) is 10.5. The molecule has 2 saturated heterocycles. The van der Waals surface area contributed by atoms with Crippen molar-refractivity contribution in [1.82, 2.24) is 9.80 Å². The SMILES string of the molecule is CCCCCC(CCC(C(=O)N1CCSC1=S)C1CC(C(C)C)CCC1C)OC(=O)OC(CCCCC)CCC(C(=O)N1CCSC1=S)C1CC(C(C)C)CCC1C. The summed E-state index contributed by atoms with van der Waals surface area (Å²) in [4.78, 5) is 46.4. The van der Waals surface area contributed by atoms with Gasteiger partial charge < -0.3 is 9.47 Å². The molecule has 10 atom stereocenters. The Labute approximate surface area is 373 Å². The van der Waals surface area contributed by atoms with Crippen LogP contribution in [0, 0.1) is 59.2 Å². The molecule has 0 spiro atoms. The molecular formula is C47H80N2O5S4. The zero-order valence-corrected chi connectivity index (χ0v) is 40.8. The lowest BCUT2D eigenvalue weighted by atomic mass is 9.65. The van der Waals surface area contributed by atoms with E-state index in [0.717, 1.165) is 88.6 Å². The maximum atomic E-state index is 14.4. The monoisotopic (exact) mass is 880 g/mol. The molecule has 11 heteroatoms. The van der Waals surface area contributed by atoms with E-state index in [1.807, 2.05) is 9.80 Å². The molecule has 0 N–H and O–H groups in total. The van der Waals surface area contributed by atoms with E-state index >= 15 is 0 Å². The van der Waals surface area contributed by atoms with Crippen LogP contribution in [0.3, 0.4) is 0 Å². The van der Waals surface area contributed by atoms with E-state index in [1.54, 1.807) is 23.5 Å². The van der Waals surface area contributed by atoms with E-state index in [-0.39, 0.29) is 35.9 Å². The molecule has 0 aromatic rings. The van der Waals surface area contributed by atoms with Crippen molar-refractivity contribution in [3.05, 3.63) is 0 Å². The van der Waals surface area contributed by atoms with Gasteiger partial charge in [0.05, 0.1) is 0 Å². The molecule has 0 aromatic heterocycles. The van der Waals surface area contributed by atoms with Crippen molar-refractivity contribution in [2.24, 2.45) is 59.2 Å². The predicted octanol–water partition coefficient (Wildman–Crippen LogP) is 13.0. The second-order valence-electron chi connectivity index (χ2n) is 19.2. The number of ether oxygens (including phenoxy) is 2. The highest BCUT2D eigenvalue weighted by molar-refractivity contribution is 8.23. The van der Waals surface area contributed by atoms with Gasteiger partial charge in [-0.05, 0) is 124 Å². The second kappa shape index (κ2) is 25.3. The van der Waals surface area contributed by atoms with Crippen molar-refractivity contribution in [3.63, 3.8) is 0 Å². The van der Waals surface area contributed by atoms with Crippen LogP contribution in [0.25, 0.3) is 0 Å². The summed E-state index contributed by atoms with van der Waals surface area (Å²) >= 11 is 14.6. The first-order chi connectivity index (χ1) is 27.7. The van der Waals surface area contributed by atoms with Crippen LogP contribution in [0.5, 0.6) is 0 Å². The molecule has 0 radical (unpaired) electrons. The van der Waals surface area contributed by atoms with Crippen LogP contribution in [-0.2, 0) is 19.1 Å². The Morgan fingerprint density at radius 3 is 1.34 bits per heavy atom. The molecule has 58 heavy (non-hydrogen) atoms. The maximum absolute atomic E-state index is 14.4. The molecule has 2 saturated carbocycles. The average Bonchev–Trinajstić information content (AvgIpc) is 3.83. The van der Waals surface area contributed by atoms with Crippen LogP contribution in [0.2, 0.25) is 0 Å². The van der Waals surface area contributed by atoms with Crippen molar-refractivity contribution in [2.75, 3.05) is 24.6 Å². The molecule has 2 aliphatic carbocycles. The first-order valence-electron chi connectivity index (χ1n) is 23.6. The Morgan fingerprint density at radius 2 is 1.02 bits per heavy atom. The third-order valence-corrected chi connectivity index (χ3v) is 17.4. The minimum Gasteiger partial charge on any atom is -0.431 e. The van der Waals surface area contributed by atoms with Gasteiger partial charge in [0.25, 0.3) is 0 Å². The van der Waals surface area contributed by atoms with E-state index in [0.29, 0.717) is 94.8 Å². The van der Waals surface area contributed by atoms with Gasteiger partial charge in [-0.3, -0.25) is 19.4 Å². The maximum Gasteiger partial charge on any atom is 0.508 e. The molecular weight excluding hydrogens is 801 g/mol. The number of thioether (sulfide) groups is 2. The lowest BCUT2D eigenvalue weighted by Gasteiger charge is -2.41. The van der Waals surface area contributed by atoms with Gasteiger partial charge in [-0.15, -0.1) is 0 Å². The Balaban J connectivity index is 1.50. The minimum absolute atomic E-state index is 0.142. The minimum atomic E-state index is -0.597. The Kier molecular flexibility index (Phi) is 21.7. The number of nitrogens with zero attached hydrogens (tertiary/aromatic N) is 2. The van der Waals surface area contributed by atoms with Gasteiger partial charge in [0.1, 0.15) is 20.8 Å². The van der Waals surface area contributed by atoms with Gasteiger partial charge >= 0.3 is 6.16 Å². The number of unbranched alkanes of at least 4 members (excludes halogenated alkanes) is 4. The average molecular weight is 881 g/mol. The molecule has 2 heterocycles. The first kappa shape index (κ1) is 49.7. The highest BCUT2D eigenvalue weighted by Gasteiger charge is 2.43. The molecule has 4 aliphatic rings. The third-order valence-electron chi connectivity index (χ3n) is 14.6. The molecule has 2 amide bonds. The predicted molar refractivity (Wildman–Crippen MR) is 252 cm³/mol. The summed E-state index contributed by atoms with van der Waals surface area (Å²) in [7, 11) is 0. The van der Waals surface area contributed by atoms with Crippen LogP contribution in [0.15, 0.2) is 0 Å². The second-order valence-corrected chi connectivity index (χ2v) is 22.7. The highest BCUT2D eigenvalue weighted by Crippen LogP contribution is 2.45. The Hall–Kier alpha value is -0.910. The molecule has 4 fully saturated rings. The molecule has 2 aliphatic heterocycles. The summed E-state index contributed by atoms with van der Waals surface area (Å²) in [5, 5.41) is 0. The normalized spacial score (nSPS) is 27.6. The molecule has 4 rings (SSSR count). The number of amides is 2. The van der Waals surface area contributed by atoms with Gasteiger partial charge in [0, 0.05) is 36.4 Å². The van der Waals surface area contributed by atoms with E-state index in [4.69, 9.17) is 33.9 Å². The van der Waals surface area contributed by atoms with Crippen molar-refractivity contribution in [3.8, 4) is 0 Å². The van der Waals surface area contributed by atoms with Gasteiger partial charge in [-0.1, -0.05) is 142 Å². The summed E-state index contributed by atoms with van der Waals surface area (Å²) in [6.45, 7) is 19.7. The topological polar surface area (TPSA) is 76.1 Å². The van der Waals surface area contributed by atoms with Gasteiger partial charge in [-0.2, -0.15) is 0 Å². The molecule has 10 unspecified atom stereocenters. The zero-order valence-electron chi connectivity index (χ0n) is 37.6. The Bertz CT molecular complexity index is 1230. The van der Waals surface area contributed by atoms with E-state index in [2.05, 4.69) is 55.4 Å². The number of carbonyl (C=O) groups excluding carboxylic acids is 3. The van der Waals surface area contributed by atoms with Crippen molar-refractivity contribution < 1.29 is 23.9 Å². The molecule has 332 valence electrons. The highest BCUT2D eigenvalue weighted by atomic mass is 32.2. The smallest absolute Gasteiger partial charge is 0.431 e. The van der Waals surface area contributed by atoms with E-state index < -0.39 is 6.16 Å². The van der Waals surface area contributed by atoms with Crippen molar-refractivity contribution in [1.29, 1.82) is 0 Å². The van der Waals surface area contributed by atoms with Crippen LogP contribution < -0.4 is 0 Å². The quantitative estimate of drug-likeness (QED) is 0.0600. The summed E-state index contributed by atoms with van der Waals surface area (Å²) in [5.41, 5.74) is 0. The number of rotatable bonds is 22. The van der Waals surface area contributed by atoms with Crippen LogP contribution in [0.4, 0.5) is 4.79 Å². The van der Waals surface area contributed by atoms with E-state index in [9.17, 15) is 14.4 Å². The third kappa shape index (κ3) is 14.6. The number of hydrogen-bond acceptors (Lipinski definition) is 9. The number of carbonyl (C=O) groups is 3. The lowest BCUT2D eigenvalue weighted by Crippen LogP contribution is -2.43. The van der Waals surface area contributed by atoms with Crippen LogP contribution >= 0.6 is 48.0 Å². The molecule has 0 aromatic carbocycles. The molecule has 7 nitrogen and oxygen atoms in total.